The molecule has 1 aliphatic heterocycles. The SMILES string of the molecule is CNCc1ccc(S(=O)(=O)NC2CCCSC2)cc1. The fraction of sp³-hybridized carbons (Fsp3) is 0.538. The molecule has 6 heteroatoms. The zero-order valence-corrected chi connectivity index (χ0v) is 12.7. The molecule has 0 spiro atoms. The van der Waals surface area contributed by atoms with Gasteiger partial charge in [0.1, 0.15) is 0 Å². The van der Waals surface area contributed by atoms with Crippen LogP contribution in [-0.2, 0) is 16.6 Å². The van der Waals surface area contributed by atoms with E-state index in [1.165, 1.54) is 0 Å². The van der Waals surface area contributed by atoms with Gasteiger partial charge in [0.05, 0.1) is 4.90 Å². The highest BCUT2D eigenvalue weighted by Crippen LogP contribution is 2.19. The van der Waals surface area contributed by atoms with Crippen molar-refractivity contribution < 1.29 is 8.42 Å². The van der Waals surface area contributed by atoms with Crippen molar-refractivity contribution in [3.8, 4) is 0 Å². The highest BCUT2D eigenvalue weighted by Gasteiger charge is 2.21. The van der Waals surface area contributed by atoms with E-state index in [0.717, 1.165) is 36.5 Å². The predicted molar refractivity (Wildman–Crippen MR) is 79.9 cm³/mol. The van der Waals surface area contributed by atoms with Gasteiger partial charge in [0.15, 0.2) is 0 Å². The molecule has 19 heavy (non-hydrogen) atoms. The monoisotopic (exact) mass is 300 g/mol. The Morgan fingerprint density at radius 3 is 2.63 bits per heavy atom. The zero-order chi connectivity index (χ0) is 13.7. The first-order valence-electron chi connectivity index (χ1n) is 6.45. The van der Waals surface area contributed by atoms with E-state index in [2.05, 4.69) is 10.0 Å². The fourth-order valence-electron chi connectivity index (χ4n) is 2.11. The largest absolute Gasteiger partial charge is 0.316 e. The average Bonchev–Trinajstić information content (AvgIpc) is 2.40. The maximum atomic E-state index is 12.2. The fourth-order valence-corrected chi connectivity index (χ4v) is 4.56. The van der Waals surface area contributed by atoms with Crippen LogP contribution < -0.4 is 10.0 Å². The Bertz CT molecular complexity index is 494. The van der Waals surface area contributed by atoms with Gasteiger partial charge in [-0.25, -0.2) is 13.1 Å². The van der Waals surface area contributed by atoms with Gasteiger partial charge in [-0.05, 0) is 43.3 Å². The number of hydrogen-bond donors (Lipinski definition) is 2. The van der Waals surface area contributed by atoms with Crippen molar-refractivity contribution in [2.75, 3.05) is 18.6 Å². The first-order valence-corrected chi connectivity index (χ1v) is 9.09. The molecule has 1 fully saturated rings. The molecule has 1 aromatic rings. The Hall–Kier alpha value is -0.560. The predicted octanol–water partition coefficient (Wildman–Crippen LogP) is 1.58. The second-order valence-electron chi connectivity index (χ2n) is 4.71. The zero-order valence-electron chi connectivity index (χ0n) is 11.1. The lowest BCUT2D eigenvalue weighted by Crippen LogP contribution is -2.38. The van der Waals surface area contributed by atoms with Gasteiger partial charge in [-0.1, -0.05) is 12.1 Å². The standard InChI is InChI=1S/C13H20N2O2S2/c1-14-9-11-4-6-13(7-5-11)19(16,17)15-12-3-2-8-18-10-12/h4-7,12,14-15H,2-3,8-10H2,1H3. The third-order valence-electron chi connectivity index (χ3n) is 3.10. The van der Waals surface area contributed by atoms with Gasteiger partial charge >= 0.3 is 0 Å². The van der Waals surface area contributed by atoms with Crippen molar-refractivity contribution in [3.63, 3.8) is 0 Å². The number of hydrogen-bond acceptors (Lipinski definition) is 4. The highest BCUT2D eigenvalue weighted by atomic mass is 32.2. The lowest BCUT2D eigenvalue weighted by molar-refractivity contribution is 0.543. The third kappa shape index (κ3) is 4.21. The Labute approximate surface area is 119 Å². The lowest BCUT2D eigenvalue weighted by atomic mass is 10.2. The summed E-state index contributed by atoms with van der Waals surface area (Å²) in [6, 6.07) is 7.11. The van der Waals surface area contributed by atoms with Crippen LogP contribution in [-0.4, -0.2) is 33.0 Å². The molecule has 0 aromatic heterocycles. The molecular formula is C13H20N2O2S2. The van der Waals surface area contributed by atoms with Gasteiger partial charge in [0.25, 0.3) is 0 Å². The molecule has 1 heterocycles. The maximum Gasteiger partial charge on any atom is 0.240 e. The van der Waals surface area contributed by atoms with Crippen LogP contribution in [0.5, 0.6) is 0 Å². The average molecular weight is 300 g/mol. The Morgan fingerprint density at radius 2 is 2.05 bits per heavy atom. The van der Waals surface area contributed by atoms with E-state index in [1.54, 1.807) is 12.1 Å². The van der Waals surface area contributed by atoms with Gasteiger partial charge in [-0.15, -0.1) is 0 Å². The van der Waals surface area contributed by atoms with E-state index in [-0.39, 0.29) is 6.04 Å². The van der Waals surface area contributed by atoms with E-state index in [9.17, 15) is 8.42 Å². The molecule has 1 unspecified atom stereocenters. The molecule has 1 aliphatic rings. The van der Waals surface area contributed by atoms with E-state index < -0.39 is 10.0 Å². The van der Waals surface area contributed by atoms with Crippen LogP contribution in [0.2, 0.25) is 0 Å². The van der Waals surface area contributed by atoms with Crippen molar-refractivity contribution in [1.82, 2.24) is 10.0 Å². The molecule has 0 amide bonds. The number of rotatable bonds is 5. The normalized spacial score (nSPS) is 20.4. The van der Waals surface area contributed by atoms with Gasteiger partial charge in [0.2, 0.25) is 10.0 Å². The minimum atomic E-state index is -3.38. The first kappa shape index (κ1) is 14.8. The van der Waals surface area contributed by atoms with Crippen molar-refractivity contribution in [1.29, 1.82) is 0 Å². The first-order chi connectivity index (χ1) is 9.12. The van der Waals surface area contributed by atoms with E-state index in [0.29, 0.717) is 4.90 Å². The molecule has 4 nitrogen and oxygen atoms in total. The number of thioether (sulfide) groups is 1. The van der Waals surface area contributed by atoms with Crippen LogP contribution in [0, 0.1) is 0 Å². The quantitative estimate of drug-likeness (QED) is 0.867. The second-order valence-corrected chi connectivity index (χ2v) is 7.57. The summed E-state index contributed by atoms with van der Waals surface area (Å²) < 4.78 is 27.3. The summed E-state index contributed by atoms with van der Waals surface area (Å²) in [5, 5.41) is 3.04. The molecule has 1 atom stereocenters. The van der Waals surface area contributed by atoms with Gasteiger partial charge in [-0.2, -0.15) is 11.8 Å². The molecule has 0 saturated carbocycles. The Morgan fingerprint density at radius 1 is 1.32 bits per heavy atom. The van der Waals surface area contributed by atoms with Crippen LogP contribution in [0.3, 0.4) is 0 Å². The highest BCUT2D eigenvalue weighted by molar-refractivity contribution is 7.99. The third-order valence-corrected chi connectivity index (χ3v) is 5.85. The van der Waals surface area contributed by atoms with E-state index in [4.69, 9.17) is 0 Å². The smallest absolute Gasteiger partial charge is 0.240 e. The van der Waals surface area contributed by atoms with Gasteiger partial charge < -0.3 is 5.32 Å². The minimum absolute atomic E-state index is 0.0701. The maximum absolute atomic E-state index is 12.2. The van der Waals surface area contributed by atoms with Crippen molar-refractivity contribution in [2.45, 2.75) is 30.3 Å². The summed E-state index contributed by atoms with van der Waals surface area (Å²) >= 11 is 1.81. The number of sulfonamides is 1. The molecule has 1 saturated heterocycles. The summed E-state index contributed by atoms with van der Waals surface area (Å²) in [7, 11) is -1.51. The number of nitrogens with one attached hydrogen (secondary N) is 2. The molecule has 106 valence electrons. The van der Waals surface area contributed by atoms with Crippen molar-refractivity contribution >= 4 is 21.8 Å². The lowest BCUT2D eigenvalue weighted by Gasteiger charge is -2.22. The molecular weight excluding hydrogens is 280 g/mol. The molecule has 0 radical (unpaired) electrons. The topological polar surface area (TPSA) is 58.2 Å². The molecule has 0 aliphatic carbocycles. The van der Waals surface area contributed by atoms with Crippen LogP contribution >= 0.6 is 11.8 Å². The van der Waals surface area contributed by atoms with Crippen molar-refractivity contribution in [2.24, 2.45) is 0 Å². The van der Waals surface area contributed by atoms with E-state index >= 15 is 0 Å². The molecule has 2 N–H and O–H groups in total. The summed E-state index contributed by atoms with van der Waals surface area (Å²) in [4.78, 5) is 0.350. The van der Waals surface area contributed by atoms with Gasteiger partial charge in [-0.3, -0.25) is 0 Å². The number of benzene rings is 1. The molecule has 2 rings (SSSR count). The summed E-state index contributed by atoms with van der Waals surface area (Å²) in [6.45, 7) is 0.743. The van der Waals surface area contributed by atoms with Crippen LogP contribution in [0.25, 0.3) is 0 Å². The van der Waals surface area contributed by atoms with Gasteiger partial charge in [0, 0.05) is 18.3 Å². The van der Waals surface area contributed by atoms with Crippen LogP contribution in [0.4, 0.5) is 0 Å². The summed E-state index contributed by atoms with van der Waals surface area (Å²) in [5.74, 6) is 2.01. The minimum Gasteiger partial charge on any atom is -0.316 e. The van der Waals surface area contributed by atoms with Crippen LogP contribution in [0.15, 0.2) is 29.2 Å². The Kier molecular flexibility index (Phi) is 5.27. The summed E-state index contributed by atoms with van der Waals surface area (Å²) in [6.07, 6.45) is 2.02. The summed E-state index contributed by atoms with van der Waals surface area (Å²) in [5.41, 5.74) is 1.08. The van der Waals surface area contributed by atoms with Crippen LogP contribution in [0.1, 0.15) is 18.4 Å². The molecule has 1 aromatic carbocycles. The second kappa shape index (κ2) is 6.74. The Balaban J connectivity index is 2.05. The van der Waals surface area contributed by atoms with Crippen molar-refractivity contribution in [3.05, 3.63) is 29.8 Å². The van der Waals surface area contributed by atoms with E-state index in [1.807, 2.05) is 30.9 Å². The molecule has 0 bridgehead atoms.